The fourth-order valence-electron chi connectivity index (χ4n) is 1.07. The van der Waals surface area contributed by atoms with Gasteiger partial charge in [0.05, 0.1) is 0 Å². The third kappa shape index (κ3) is 19.6. The average Bonchev–Trinajstić information content (AvgIpc) is 2.42. The summed E-state index contributed by atoms with van der Waals surface area (Å²) in [7, 11) is 4.07. The Hall–Kier alpha value is -0.728. The summed E-state index contributed by atoms with van der Waals surface area (Å²) < 4.78 is 0. The predicted molar refractivity (Wildman–Crippen MR) is 83.0 cm³/mol. The number of hydrogen-bond donors (Lipinski definition) is 1. The molecule has 0 radical (unpaired) electrons. The second-order valence-electron chi connectivity index (χ2n) is 3.86. The molecule has 1 N–H and O–H groups in total. The summed E-state index contributed by atoms with van der Waals surface area (Å²) in [6.07, 6.45) is 1.83. The fourth-order valence-corrected chi connectivity index (χ4v) is 1.07. The molecular weight excluding hydrogens is 347 g/mol. The minimum atomic E-state index is 0. The Morgan fingerprint density at radius 2 is 1.70 bits per heavy atom. The van der Waals surface area contributed by atoms with E-state index in [9.17, 15) is 0 Å². The van der Waals surface area contributed by atoms with E-state index in [4.69, 9.17) is 9.90 Å². The van der Waals surface area contributed by atoms with Crippen molar-refractivity contribution in [1.29, 1.82) is 0 Å². The number of anilines is 1. The van der Waals surface area contributed by atoms with Crippen molar-refractivity contribution in [2.75, 3.05) is 38.7 Å². The first-order chi connectivity index (χ1) is 9.13. The minimum absolute atomic E-state index is 0. The van der Waals surface area contributed by atoms with Crippen molar-refractivity contribution in [2.24, 2.45) is 0 Å². The fraction of sp³-hybridized carbons (Fsp3) is 0.533. The zero-order valence-corrected chi connectivity index (χ0v) is 14.4. The van der Waals surface area contributed by atoms with Crippen molar-refractivity contribution in [2.45, 2.75) is 20.3 Å². The van der Waals surface area contributed by atoms with Crippen LogP contribution in [0.15, 0.2) is 30.3 Å². The molecule has 120 valence electrons. The molecule has 0 heterocycles. The van der Waals surface area contributed by atoms with Gasteiger partial charge >= 0.3 is 0 Å². The van der Waals surface area contributed by atoms with E-state index in [1.54, 1.807) is 0 Å². The minimum Gasteiger partial charge on any atom is -0.660 e. The molecule has 0 unspecified atom stereocenters. The zero-order chi connectivity index (χ0) is 14.9. The van der Waals surface area contributed by atoms with Crippen LogP contribution in [-0.4, -0.2) is 45.2 Å². The van der Waals surface area contributed by atoms with Gasteiger partial charge in [0.1, 0.15) is 6.29 Å². The average molecular weight is 374 g/mol. The summed E-state index contributed by atoms with van der Waals surface area (Å²) in [6, 6.07) is 10.3. The molecule has 0 bridgehead atoms. The van der Waals surface area contributed by atoms with Crippen LogP contribution < -0.4 is 4.90 Å². The van der Waals surface area contributed by atoms with Crippen molar-refractivity contribution in [3.05, 3.63) is 35.6 Å². The van der Waals surface area contributed by atoms with E-state index < -0.39 is 0 Å². The number of aliphatic hydroxyl groups is 1. The molecule has 20 heavy (non-hydrogen) atoms. The molecular formula is C15H27N2O2Pd-. The van der Waals surface area contributed by atoms with Crippen molar-refractivity contribution in [3.63, 3.8) is 0 Å². The van der Waals surface area contributed by atoms with Crippen LogP contribution in [0.5, 0.6) is 0 Å². The largest absolute Gasteiger partial charge is 0.660 e. The quantitative estimate of drug-likeness (QED) is 0.490. The number of nitrogens with zero attached hydrogens (tertiary/aromatic N) is 2. The van der Waals surface area contributed by atoms with Gasteiger partial charge in [-0.15, -0.1) is 13.1 Å². The van der Waals surface area contributed by atoms with E-state index in [-0.39, 0.29) is 27.0 Å². The molecule has 0 aliphatic rings. The topological polar surface area (TPSA) is 54.6 Å². The molecule has 1 rings (SSSR count). The third-order valence-electron chi connectivity index (χ3n) is 1.91. The van der Waals surface area contributed by atoms with Gasteiger partial charge in [-0.2, -0.15) is 0 Å². The first-order valence-electron chi connectivity index (χ1n) is 6.50. The molecule has 0 saturated heterocycles. The Labute approximate surface area is 137 Å². The van der Waals surface area contributed by atoms with E-state index in [1.165, 1.54) is 12.6 Å². The number of carbonyl (C=O) groups is 1. The van der Waals surface area contributed by atoms with E-state index in [2.05, 4.69) is 29.3 Å². The second kappa shape index (κ2) is 20.6. The first-order valence-corrected chi connectivity index (χ1v) is 6.50. The molecule has 0 saturated carbocycles. The van der Waals surface area contributed by atoms with Crippen LogP contribution in [0.25, 0.3) is 5.32 Å². The van der Waals surface area contributed by atoms with Crippen LogP contribution in [0, 0.1) is 0 Å². The Morgan fingerprint density at radius 1 is 1.20 bits per heavy atom. The molecule has 0 spiro atoms. The van der Waals surface area contributed by atoms with Gasteiger partial charge < -0.3 is 20.1 Å². The number of benzene rings is 1. The van der Waals surface area contributed by atoms with Gasteiger partial charge in [-0.3, -0.25) is 0 Å². The number of aldehydes is 1. The number of rotatable bonds is 5. The molecule has 0 fully saturated rings. The van der Waals surface area contributed by atoms with Gasteiger partial charge in [0.2, 0.25) is 0 Å². The summed E-state index contributed by atoms with van der Waals surface area (Å²) in [6.45, 7) is 5.20. The summed E-state index contributed by atoms with van der Waals surface area (Å²) in [5.41, 5.74) is 1.25. The Balaban J connectivity index is -0.000000238. The molecule has 0 aliphatic carbocycles. The summed E-state index contributed by atoms with van der Waals surface area (Å²) in [4.78, 5) is 10.9. The van der Waals surface area contributed by atoms with Crippen LogP contribution in [0.3, 0.4) is 0 Å². The number of hydrogen-bond acceptors (Lipinski definition) is 3. The van der Waals surface area contributed by atoms with Gasteiger partial charge in [-0.05, 0) is 19.1 Å². The summed E-state index contributed by atoms with van der Waals surface area (Å²) >= 11 is 0. The van der Waals surface area contributed by atoms with Crippen LogP contribution in [0.2, 0.25) is 0 Å². The molecule has 0 aliphatic heterocycles. The van der Waals surface area contributed by atoms with E-state index in [1.807, 2.05) is 32.3 Å². The standard InChI is InChI=1S/C8H11N.C5H12NO.C2H4O.Pd/c1-9(2)8-6-4-3-5-7-8;1-2-3-6-4-5-7;1-2-3;/h3-7H,1-2H3;7H,2-5H2,1H3;2H,1H3;/q;-1;;. The predicted octanol–water partition coefficient (Wildman–Crippen LogP) is 2.72. The SMILES string of the molecule is CC=O.CCC[N-]CCO.CN(C)c1ccccc1.[Pd]. The van der Waals surface area contributed by atoms with Gasteiger partial charge in [0.25, 0.3) is 0 Å². The molecule has 0 amide bonds. The van der Waals surface area contributed by atoms with Crippen molar-refractivity contribution >= 4 is 12.0 Å². The number of para-hydroxylation sites is 1. The Kier molecular flexibility index (Phi) is 25.0. The first kappa shape index (κ1) is 24.3. The third-order valence-corrected chi connectivity index (χ3v) is 1.91. The summed E-state index contributed by atoms with van der Waals surface area (Å²) in [5, 5.41) is 12.2. The monoisotopic (exact) mass is 373 g/mol. The van der Waals surface area contributed by atoms with Crippen molar-refractivity contribution in [1.82, 2.24) is 0 Å². The molecule has 0 atom stereocenters. The Morgan fingerprint density at radius 3 is 2.00 bits per heavy atom. The molecule has 0 aromatic heterocycles. The molecule has 1 aromatic rings. The van der Waals surface area contributed by atoms with E-state index in [0.29, 0.717) is 6.54 Å². The van der Waals surface area contributed by atoms with Crippen LogP contribution >= 0.6 is 0 Å². The van der Waals surface area contributed by atoms with Gasteiger partial charge in [0, 0.05) is 46.8 Å². The van der Waals surface area contributed by atoms with Gasteiger partial charge in [-0.25, -0.2) is 0 Å². The maximum atomic E-state index is 8.81. The van der Waals surface area contributed by atoms with Crippen LogP contribution in [0.4, 0.5) is 5.69 Å². The van der Waals surface area contributed by atoms with Crippen molar-refractivity contribution < 1.29 is 30.3 Å². The number of aliphatic hydroxyl groups excluding tert-OH is 1. The smallest absolute Gasteiger partial charge is 0.116 e. The molecule has 5 heteroatoms. The van der Waals surface area contributed by atoms with Gasteiger partial charge in [0.15, 0.2) is 0 Å². The second-order valence-corrected chi connectivity index (χ2v) is 3.86. The maximum absolute atomic E-state index is 8.81. The van der Waals surface area contributed by atoms with Crippen molar-refractivity contribution in [3.8, 4) is 0 Å². The molecule has 4 nitrogen and oxygen atoms in total. The van der Waals surface area contributed by atoms with Gasteiger partial charge in [-0.1, -0.05) is 31.5 Å². The zero-order valence-electron chi connectivity index (χ0n) is 12.9. The van der Waals surface area contributed by atoms with E-state index >= 15 is 0 Å². The van der Waals surface area contributed by atoms with E-state index in [0.717, 1.165) is 19.3 Å². The maximum Gasteiger partial charge on any atom is 0.116 e. The number of carbonyl (C=O) groups excluding carboxylic acids is 1. The van der Waals surface area contributed by atoms with Crippen LogP contribution in [-0.2, 0) is 25.2 Å². The normalized spacial score (nSPS) is 8.05. The summed E-state index contributed by atoms with van der Waals surface area (Å²) in [5.74, 6) is 0. The Bertz CT molecular complexity index is 278. The van der Waals surface area contributed by atoms with Crippen LogP contribution in [0.1, 0.15) is 20.3 Å². The molecule has 1 aromatic carbocycles.